The molecule has 0 fully saturated rings. The summed E-state index contributed by atoms with van der Waals surface area (Å²) < 4.78 is 62.0. The number of methoxy groups -OCH3 is 1. The minimum Gasteiger partial charge on any atom is -0.460 e. The van der Waals surface area contributed by atoms with E-state index in [0.29, 0.717) is 17.2 Å². The monoisotopic (exact) mass is 478 g/mol. The lowest BCUT2D eigenvalue weighted by Crippen LogP contribution is -2.48. The maximum Gasteiger partial charge on any atom is 0.416 e. The Balaban J connectivity index is 1.82. The zero-order valence-electron chi connectivity index (χ0n) is 18.3. The summed E-state index contributed by atoms with van der Waals surface area (Å²) >= 11 is 0. The third-order valence-electron chi connectivity index (χ3n) is 5.42. The fourth-order valence-electron chi connectivity index (χ4n) is 3.88. The molecule has 180 valence electrons. The standard InChI is InChI=1S/C23H21F3N2O6/c1-13-19(21(29)32-10-9-31-2)20(15-5-3-4-6-16(15)23(24,25)26)27-22(30)28(13)14-7-8-17-18(11-14)34-12-33-17/h3-8,11,20H,9-10,12H2,1-2H3,(H,27,30)/t20-/m0/s1. The first-order chi connectivity index (χ1) is 16.2. The second kappa shape index (κ2) is 9.26. The molecule has 11 heteroatoms. The first-order valence-electron chi connectivity index (χ1n) is 10.3. The van der Waals surface area contributed by atoms with Crippen LogP contribution in [-0.4, -0.2) is 39.1 Å². The fourth-order valence-corrected chi connectivity index (χ4v) is 3.88. The first kappa shape index (κ1) is 23.4. The topological polar surface area (TPSA) is 86.3 Å². The summed E-state index contributed by atoms with van der Waals surface area (Å²) in [7, 11) is 1.42. The van der Waals surface area contributed by atoms with Crippen LogP contribution in [0.2, 0.25) is 0 Å². The summed E-state index contributed by atoms with van der Waals surface area (Å²) in [6.07, 6.45) is -4.70. The number of hydrogen-bond donors (Lipinski definition) is 1. The number of anilines is 1. The van der Waals surface area contributed by atoms with Crippen LogP contribution in [-0.2, 0) is 20.4 Å². The van der Waals surface area contributed by atoms with Crippen LogP contribution >= 0.6 is 0 Å². The third-order valence-corrected chi connectivity index (χ3v) is 5.42. The maximum absolute atomic E-state index is 13.7. The van der Waals surface area contributed by atoms with Crippen molar-refractivity contribution < 1.29 is 41.7 Å². The highest BCUT2D eigenvalue weighted by Gasteiger charge is 2.42. The Hall–Kier alpha value is -3.73. The Labute approximate surface area is 192 Å². The van der Waals surface area contributed by atoms with Crippen molar-refractivity contribution >= 4 is 17.7 Å². The molecule has 1 atom stereocenters. The van der Waals surface area contributed by atoms with Crippen molar-refractivity contribution in [2.45, 2.75) is 19.1 Å². The average Bonchev–Trinajstić information content (AvgIpc) is 3.26. The number of amides is 2. The number of benzene rings is 2. The largest absolute Gasteiger partial charge is 0.460 e. The summed E-state index contributed by atoms with van der Waals surface area (Å²) in [5, 5.41) is 2.54. The van der Waals surface area contributed by atoms with Gasteiger partial charge >= 0.3 is 18.2 Å². The molecule has 0 aromatic heterocycles. The molecule has 0 spiro atoms. The van der Waals surface area contributed by atoms with Crippen molar-refractivity contribution in [1.82, 2.24) is 5.32 Å². The number of fused-ring (bicyclic) bond motifs is 1. The number of halogens is 3. The van der Waals surface area contributed by atoms with E-state index in [-0.39, 0.29) is 36.8 Å². The van der Waals surface area contributed by atoms with E-state index in [9.17, 15) is 22.8 Å². The minimum absolute atomic E-state index is 0.0210. The Morgan fingerprint density at radius 1 is 1.15 bits per heavy atom. The van der Waals surface area contributed by atoms with E-state index >= 15 is 0 Å². The predicted octanol–water partition coefficient (Wildman–Crippen LogP) is 4.17. The fraction of sp³-hybridized carbons (Fsp3) is 0.304. The molecule has 2 heterocycles. The second-order valence-electron chi connectivity index (χ2n) is 7.47. The molecule has 8 nitrogen and oxygen atoms in total. The maximum atomic E-state index is 13.7. The van der Waals surface area contributed by atoms with Crippen LogP contribution < -0.4 is 19.7 Å². The van der Waals surface area contributed by atoms with Gasteiger partial charge in [0.05, 0.1) is 29.5 Å². The van der Waals surface area contributed by atoms with Crippen LogP contribution in [0.4, 0.5) is 23.7 Å². The van der Waals surface area contributed by atoms with E-state index in [2.05, 4.69) is 5.32 Å². The zero-order chi connectivity index (χ0) is 24.5. The number of nitrogens with zero attached hydrogens (tertiary/aromatic N) is 1. The second-order valence-corrected chi connectivity index (χ2v) is 7.47. The number of hydrogen-bond acceptors (Lipinski definition) is 6. The number of alkyl halides is 3. The van der Waals surface area contributed by atoms with Gasteiger partial charge < -0.3 is 24.3 Å². The van der Waals surface area contributed by atoms with Crippen LogP contribution in [0, 0.1) is 0 Å². The Kier molecular flexibility index (Phi) is 6.38. The first-order valence-corrected chi connectivity index (χ1v) is 10.3. The lowest BCUT2D eigenvalue weighted by molar-refractivity contribution is -0.142. The molecule has 34 heavy (non-hydrogen) atoms. The minimum atomic E-state index is -4.70. The normalized spacial score (nSPS) is 17.6. The highest BCUT2D eigenvalue weighted by molar-refractivity contribution is 6.03. The van der Waals surface area contributed by atoms with Gasteiger partial charge in [0.15, 0.2) is 11.5 Å². The molecule has 2 aromatic carbocycles. The van der Waals surface area contributed by atoms with Gasteiger partial charge in [-0.2, -0.15) is 13.2 Å². The zero-order valence-corrected chi connectivity index (χ0v) is 18.3. The van der Waals surface area contributed by atoms with Crippen molar-refractivity contribution in [3.63, 3.8) is 0 Å². The van der Waals surface area contributed by atoms with Crippen LogP contribution in [0.3, 0.4) is 0 Å². The summed E-state index contributed by atoms with van der Waals surface area (Å²) in [4.78, 5) is 27.4. The highest BCUT2D eigenvalue weighted by Crippen LogP contribution is 2.42. The number of carbonyl (C=O) groups excluding carboxylic acids is 2. The van der Waals surface area contributed by atoms with Gasteiger partial charge in [0, 0.05) is 18.9 Å². The Morgan fingerprint density at radius 3 is 2.62 bits per heavy atom. The van der Waals surface area contributed by atoms with Crippen LogP contribution in [0.5, 0.6) is 11.5 Å². The van der Waals surface area contributed by atoms with Gasteiger partial charge in [-0.05, 0) is 30.7 Å². The van der Waals surface area contributed by atoms with Gasteiger partial charge in [0.25, 0.3) is 0 Å². The van der Waals surface area contributed by atoms with E-state index in [0.717, 1.165) is 6.07 Å². The van der Waals surface area contributed by atoms with E-state index < -0.39 is 29.8 Å². The lowest BCUT2D eigenvalue weighted by atomic mass is 9.91. The number of esters is 1. The molecule has 2 amide bonds. The van der Waals surface area contributed by atoms with Crippen LogP contribution in [0.25, 0.3) is 0 Å². The smallest absolute Gasteiger partial charge is 0.416 e. The van der Waals surface area contributed by atoms with Crippen molar-refractivity contribution in [2.24, 2.45) is 0 Å². The summed E-state index contributed by atoms with van der Waals surface area (Å²) in [6.45, 7) is 1.48. The van der Waals surface area contributed by atoms with E-state index in [1.54, 1.807) is 18.2 Å². The summed E-state index contributed by atoms with van der Waals surface area (Å²) in [5.74, 6) is 0.00751. The molecule has 0 unspecified atom stereocenters. The third kappa shape index (κ3) is 4.38. The van der Waals surface area contributed by atoms with Crippen LogP contribution in [0.1, 0.15) is 24.1 Å². The molecule has 0 radical (unpaired) electrons. The molecule has 2 aliphatic rings. The number of allylic oxidation sites excluding steroid dienone is 1. The molecule has 0 saturated carbocycles. The van der Waals surface area contributed by atoms with Gasteiger partial charge in [-0.3, -0.25) is 4.90 Å². The van der Waals surface area contributed by atoms with E-state index in [1.165, 1.54) is 37.1 Å². The van der Waals surface area contributed by atoms with Gasteiger partial charge in [0.2, 0.25) is 6.79 Å². The molecule has 0 saturated heterocycles. The van der Waals surface area contributed by atoms with Gasteiger partial charge in [-0.1, -0.05) is 18.2 Å². The van der Waals surface area contributed by atoms with Gasteiger partial charge in [-0.15, -0.1) is 0 Å². The van der Waals surface area contributed by atoms with Crippen molar-refractivity contribution in [3.8, 4) is 11.5 Å². The Bertz CT molecular complexity index is 1150. The predicted molar refractivity (Wildman–Crippen MR) is 113 cm³/mol. The van der Waals surface area contributed by atoms with Crippen molar-refractivity contribution in [3.05, 3.63) is 64.9 Å². The summed E-state index contributed by atoms with van der Waals surface area (Å²) in [5.41, 5.74) is -0.917. The van der Waals surface area contributed by atoms with E-state index in [4.69, 9.17) is 18.9 Å². The van der Waals surface area contributed by atoms with Gasteiger partial charge in [0.1, 0.15) is 6.61 Å². The molecule has 1 N–H and O–H groups in total. The molecule has 0 aliphatic carbocycles. The SMILES string of the molecule is COCCOC(=O)C1=C(C)N(c2ccc3c(c2)OCO3)C(=O)N[C@H]1c1ccccc1C(F)(F)F. The molecular formula is C23H21F3N2O6. The number of urea groups is 1. The molecule has 4 rings (SSSR count). The van der Waals surface area contributed by atoms with Crippen molar-refractivity contribution in [2.75, 3.05) is 32.0 Å². The number of ether oxygens (including phenoxy) is 4. The number of carbonyl (C=O) groups is 2. The van der Waals surface area contributed by atoms with E-state index in [1.807, 2.05) is 0 Å². The van der Waals surface area contributed by atoms with Crippen LogP contribution in [0.15, 0.2) is 53.7 Å². The lowest BCUT2D eigenvalue weighted by Gasteiger charge is -2.36. The van der Waals surface area contributed by atoms with Crippen molar-refractivity contribution in [1.29, 1.82) is 0 Å². The molecular weight excluding hydrogens is 457 g/mol. The number of nitrogens with one attached hydrogen (secondary N) is 1. The number of rotatable bonds is 6. The average molecular weight is 478 g/mol. The highest BCUT2D eigenvalue weighted by atomic mass is 19.4. The molecule has 2 aliphatic heterocycles. The Morgan fingerprint density at radius 2 is 1.88 bits per heavy atom. The quantitative estimate of drug-likeness (QED) is 0.496. The van der Waals surface area contributed by atoms with Gasteiger partial charge in [-0.25, -0.2) is 9.59 Å². The molecule has 0 bridgehead atoms. The molecule has 2 aromatic rings. The summed E-state index contributed by atoms with van der Waals surface area (Å²) in [6, 6.07) is 7.39.